The van der Waals surface area contributed by atoms with Crippen LogP contribution in [0.4, 0.5) is 0 Å². The molecule has 0 bridgehead atoms. The van der Waals surface area contributed by atoms with Crippen molar-refractivity contribution in [2.24, 2.45) is 0 Å². The summed E-state index contributed by atoms with van der Waals surface area (Å²) in [6.45, 7) is 2.70. The van der Waals surface area contributed by atoms with Crippen molar-refractivity contribution < 1.29 is 4.79 Å². The summed E-state index contributed by atoms with van der Waals surface area (Å²) in [6, 6.07) is 28.6. The first-order valence-corrected chi connectivity index (χ1v) is 10.3. The van der Waals surface area contributed by atoms with E-state index in [4.69, 9.17) is 0 Å². The Morgan fingerprint density at radius 2 is 1.53 bits per heavy atom. The molecule has 4 nitrogen and oxygen atoms in total. The number of benzene rings is 3. The highest BCUT2D eigenvalue weighted by atomic mass is 16.2. The Kier molecular flexibility index (Phi) is 4.68. The lowest BCUT2D eigenvalue weighted by atomic mass is 9.95. The molecule has 4 aromatic rings. The van der Waals surface area contributed by atoms with Crippen molar-refractivity contribution >= 4 is 5.91 Å². The number of aryl methyl sites for hydroxylation is 1. The molecule has 4 heteroatoms. The first-order valence-electron chi connectivity index (χ1n) is 10.3. The minimum absolute atomic E-state index is 0.00639. The fraction of sp³-hybridized carbons (Fsp3) is 0.154. The van der Waals surface area contributed by atoms with Crippen LogP contribution in [-0.2, 0) is 13.0 Å². The Hall–Kier alpha value is -3.66. The van der Waals surface area contributed by atoms with Crippen molar-refractivity contribution in [3.05, 3.63) is 113 Å². The van der Waals surface area contributed by atoms with Crippen LogP contribution in [0.5, 0.6) is 0 Å². The van der Waals surface area contributed by atoms with Crippen LogP contribution in [-0.4, -0.2) is 21.0 Å². The molecule has 1 amide bonds. The maximum Gasteiger partial charge on any atom is 0.273 e. The molecule has 0 saturated carbocycles. The van der Waals surface area contributed by atoms with Crippen LogP contribution < -0.4 is 0 Å². The van der Waals surface area contributed by atoms with Gasteiger partial charge in [0.05, 0.1) is 11.7 Å². The molecule has 148 valence electrons. The molecule has 0 saturated heterocycles. The van der Waals surface area contributed by atoms with Crippen molar-refractivity contribution in [1.29, 1.82) is 0 Å². The number of H-pyrrole nitrogens is 1. The van der Waals surface area contributed by atoms with Gasteiger partial charge in [0.25, 0.3) is 5.91 Å². The summed E-state index contributed by atoms with van der Waals surface area (Å²) in [7, 11) is 0. The second-order valence-electron chi connectivity index (χ2n) is 7.64. The molecule has 1 aromatic heterocycles. The molecule has 3 aromatic carbocycles. The predicted octanol–water partition coefficient (Wildman–Crippen LogP) is 5.38. The first kappa shape index (κ1) is 18.4. The third-order valence-electron chi connectivity index (χ3n) is 5.81. The molecule has 30 heavy (non-hydrogen) atoms. The first-order chi connectivity index (χ1) is 14.8. The van der Waals surface area contributed by atoms with Crippen molar-refractivity contribution in [1.82, 2.24) is 15.1 Å². The van der Waals surface area contributed by atoms with E-state index in [1.807, 2.05) is 53.4 Å². The van der Waals surface area contributed by atoms with Gasteiger partial charge in [-0.15, -0.1) is 0 Å². The number of hydrogen-bond acceptors (Lipinski definition) is 2. The zero-order valence-electron chi connectivity index (χ0n) is 16.9. The standard InChI is InChI=1S/C26H23N3O/c1-2-18-13-15-21(16-14-18)25-22-23(20-11-7-4-8-12-20)27-28-24(22)26(30)29(25)17-19-9-5-3-6-10-19/h3-16,25H,2,17H2,1H3,(H,27,28). The molecule has 1 aliphatic rings. The lowest BCUT2D eigenvalue weighted by Gasteiger charge is -2.26. The van der Waals surface area contributed by atoms with Gasteiger partial charge < -0.3 is 4.90 Å². The van der Waals surface area contributed by atoms with Gasteiger partial charge in [0.1, 0.15) is 5.69 Å². The van der Waals surface area contributed by atoms with Gasteiger partial charge in [-0.1, -0.05) is 91.9 Å². The molecule has 1 N–H and O–H groups in total. The Bertz CT molecular complexity index is 1160. The maximum absolute atomic E-state index is 13.4. The Morgan fingerprint density at radius 3 is 2.20 bits per heavy atom. The fourth-order valence-electron chi connectivity index (χ4n) is 4.24. The normalized spacial score (nSPS) is 15.4. The van der Waals surface area contributed by atoms with Crippen molar-refractivity contribution in [2.75, 3.05) is 0 Å². The summed E-state index contributed by atoms with van der Waals surface area (Å²) in [4.78, 5) is 15.4. The summed E-state index contributed by atoms with van der Waals surface area (Å²) in [5.41, 5.74) is 6.92. The minimum atomic E-state index is -0.174. The van der Waals surface area contributed by atoms with Gasteiger partial charge in [0.15, 0.2) is 0 Å². The van der Waals surface area contributed by atoms with Gasteiger partial charge in [0.2, 0.25) is 0 Å². The summed E-state index contributed by atoms with van der Waals surface area (Å²) in [5, 5.41) is 7.57. The van der Waals surface area contributed by atoms with Crippen LogP contribution in [0.3, 0.4) is 0 Å². The number of aromatic amines is 1. The average Bonchev–Trinajstić information content (AvgIpc) is 3.35. The highest BCUT2D eigenvalue weighted by Gasteiger charge is 2.42. The van der Waals surface area contributed by atoms with Gasteiger partial charge in [-0.2, -0.15) is 5.10 Å². The van der Waals surface area contributed by atoms with Crippen LogP contribution >= 0.6 is 0 Å². The Balaban J connectivity index is 1.64. The van der Waals surface area contributed by atoms with E-state index in [-0.39, 0.29) is 11.9 Å². The van der Waals surface area contributed by atoms with Gasteiger partial charge in [-0.05, 0) is 23.1 Å². The third kappa shape index (κ3) is 3.11. The van der Waals surface area contributed by atoms with Crippen LogP contribution in [0.1, 0.15) is 45.7 Å². The topological polar surface area (TPSA) is 49.0 Å². The number of carbonyl (C=O) groups is 1. The average molecular weight is 393 g/mol. The third-order valence-corrected chi connectivity index (χ3v) is 5.81. The second kappa shape index (κ2) is 7.64. The summed E-state index contributed by atoms with van der Waals surface area (Å²) < 4.78 is 0. The quantitative estimate of drug-likeness (QED) is 0.495. The largest absolute Gasteiger partial charge is 0.322 e. The fourth-order valence-corrected chi connectivity index (χ4v) is 4.24. The molecular formula is C26H23N3O. The molecule has 1 atom stereocenters. The smallest absolute Gasteiger partial charge is 0.273 e. The van der Waals surface area contributed by atoms with Crippen molar-refractivity contribution in [3.63, 3.8) is 0 Å². The predicted molar refractivity (Wildman–Crippen MR) is 118 cm³/mol. The van der Waals surface area contributed by atoms with E-state index in [2.05, 4.69) is 53.5 Å². The Labute approximate surface area is 176 Å². The SMILES string of the molecule is CCc1ccc(C2c3c(-c4ccccc4)n[nH]c3C(=O)N2Cc2ccccc2)cc1. The van der Waals surface area contributed by atoms with E-state index < -0.39 is 0 Å². The van der Waals surface area contributed by atoms with Crippen LogP contribution in [0.15, 0.2) is 84.9 Å². The van der Waals surface area contributed by atoms with E-state index in [1.54, 1.807) is 0 Å². The number of amides is 1. The van der Waals surface area contributed by atoms with E-state index in [0.717, 1.165) is 34.4 Å². The van der Waals surface area contributed by atoms with Crippen LogP contribution in [0.25, 0.3) is 11.3 Å². The number of nitrogens with zero attached hydrogens (tertiary/aromatic N) is 2. The Morgan fingerprint density at radius 1 is 0.867 bits per heavy atom. The molecule has 0 radical (unpaired) electrons. The van der Waals surface area contributed by atoms with Gasteiger partial charge in [0, 0.05) is 17.7 Å². The molecule has 5 rings (SSSR count). The lowest BCUT2D eigenvalue weighted by molar-refractivity contribution is 0.0730. The van der Waals surface area contributed by atoms with E-state index in [1.165, 1.54) is 5.56 Å². The minimum Gasteiger partial charge on any atom is -0.322 e. The maximum atomic E-state index is 13.4. The molecule has 1 aliphatic heterocycles. The summed E-state index contributed by atoms with van der Waals surface area (Å²) in [5.74, 6) is -0.00639. The summed E-state index contributed by atoms with van der Waals surface area (Å²) >= 11 is 0. The van der Waals surface area contributed by atoms with Gasteiger partial charge in [-0.25, -0.2) is 0 Å². The molecular weight excluding hydrogens is 370 g/mol. The number of hydrogen-bond donors (Lipinski definition) is 1. The number of rotatable bonds is 5. The zero-order valence-corrected chi connectivity index (χ0v) is 16.9. The van der Waals surface area contributed by atoms with Gasteiger partial charge in [-0.3, -0.25) is 9.89 Å². The summed E-state index contributed by atoms with van der Waals surface area (Å²) in [6.07, 6.45) is 0.990. The molecule has 0 spiro atoms. The second-order valence-corrected chi connectivity index (χ2v) is 7.64. The molecule has 0 fully saturated rings. The number of nitrogens with one attached hydrogen (secondary N) is 1. The van der Waals surface area contributed by atoms with Crippen molar-refractivity contribution in [3.8, 4) is 11.3 Å². The van der Waals surface area contributed by atoms with Crippen LogP contribution in [0, 0.1) is 0 Å². The molecule has 1 unspecified atom stereocenters. The highest BCUT2D eigenvalue weighted by molar-refractivity contribution is 6.00. The lowest BCUT2D eigenvalue weighted by Crippen LogP contribution is -2.29. The van der Waals surface area contributed by atoms with E-state index >= 15 is 0 Å². The number of aromatic nitrogens is 2. The molecule has 2 heterocycles. The van der Waals surface area contributed by atoms with Crippen molar-refractivity contribution in [2.45, 2.75) is 25.9 Å². The monoisotopic (exact) mass is 393 g/mol. The van der Waals surface area contributed by atoms with E-state index in [9.17, 15) is 4.79 Å². The van der Waals surface area contributed by atoms with E-state index in [0.29, 0.717) is 12.2 Å². The zero-order chi connectivity index (χ0) is 20.5. The number of fused-ring (bicyclic) bond motifs is 1. The van der Waals surface area contributed by atoms with Crippen LogP contribution in [0.2, 0.25) is 0 Å². The molecule has 0 aliphatic carbocycles. The number of carbonyl (C=O) groups excluding carboxylic acids is 1. The highest BCUT2D eigenvalue weighted by Crippen LogP contribution is 2.43. The van der Waals surface area contributed by atoms with Gasteiger partial charge >= 0.3 is 0 Å².